The Balaban J connectivity index is 4.21. The monoisotopic (exact) mass is 220 g/mol. The van der Waals surface area contributed by atoms with Gasteiger partial charge in [0.2, 0.25) is 0 Å². The van der Waals surface area contributed by atoms with Crippen LogP contribution in [0.15, 0.2) is 0 Å². The molecule has 0 fully saturated rings. The van der Waals surface area contributed by atoms with Crippen molar-refractivity contribution in [1.82, 2.24) is 0 Å². The molecule has 0 aliphatic heterocycles. The van der Waals surface area contributed by atoms with Gasteiger partial charge < -0.3 is 4.52 Å². The summed E-state index contributed by atoms with van der Waals surface area (Å²) < 4.78 is 17.1. The zero-order valence-corrected chi connectivity index (χ0v) is 10.3. The van der Waals surface area contributed by atoms with Gasteiger partial charge in [-0.05, 0) is 19.3 Å². The van der Waals surface area contributed by atoms with Gasteiger partial charge in [0, 0.05) is 18.7 Å². The van der Waals surface area contributed by atoms with Crippen molar-refractivity contribution in [3.63, 3.8) is 0 Å². The van der Waals surface area contributed by atoms with Crippen molar-refractivity contribution in [2.45, 2.75) is 46.5 Å². The lowest BCUT2D eigenvalue weighted by atomic mass is 10.4. The highest BCUT2D eigenvalue weighted by Crippen LogP contribution is 2.48. The van der Waals surface area contributed by atoms with Crippen LogP contribution in [0.5, 0.6) is 0 Å². The molecule has 0 rings (SSSR count). The van der Waals surface area contributed by atoms with Gasteiger partial charge in [0.25, 0.3) is 7.37 Å². The number of hydrogen-bond donors (Lipinski definition) is 0. The topological polar surface area (TPSA) is 43.4 Å². The van der Waals surface area contributed by atoms with E-state index < -0.39 is 7.37 Å². The lowest BCUT2D eigenvalue weighted by Crippen LogP contribution is -2.06. The second kappa shape index (κ2) is 7.05. The van der Waals surface area contributed by atoms with Gasteiger partial charge in [-0.15, -0.1) is 0 Å². The fourth-order valence-corrected chi connectivity index (χ4v) is 3.55. The molecule has 0 aliphatic carbocycles. The number of carbonyl (C=O) groups excluding carboxylic acids is 1. The lowest BCUT2D eigenvalue weighted by molar-refractivity contribution is -0.134. The highest BCUT2D eigenvalue weighted by molar-refractivity contribution is 7.59. The molecular formula is C10H21O3P. The first kappa shape index (κ1) is 13.7. The standard InChI is InChI=1S/C10H21O3P/c1-4-7-10(11)13-14(12,8-5-2)9-6-3/h4-9H2,1-3H3. The minimum atomic E-state index is -2.65. The van der Waals surface area contributed by atoms with Gasteiger partial charge >= 0.3 is 5.97 Å². The molecule has 0 aliphatic rings. The van der Waals surface area contributed by atoms with Crippen LogP contribution in [0.3, 0.4) is 0 Å². The Bertz CT molecular complexity index is 203. The molecule has 0 saturated carbocycles. The van der Waals surface area contributed by atoms with Crippen LogP contribution in [0, 0.1) is 0 Å². The summed E-state index contributed by atoms with van der Waals surface area (Å²) in [5.74, 6) is -0.308. The molecular weight excluding hydrogens is 199 g/mol. The van der Waals surface area contributed by atoms with E-state index in [0.717, 1.165) is 19.3 Å². The highest BCUT2D eigenvalue weighted by Gasteiger charge is 2.24. The molecule has 4 heteroatoms. The van der Waals surface area contributed by atoms with E-state index in [-0.39, 0.29) is 5.97 Å². The van der Waals surface area contributed by atoms with Gasteiger partial charge in [0.1, 0.15) is 0 Å². The largest absolute Gasteiger partial charge is 0.412 e. The van der Waals surface area contributed by atoms with Crippen molar-refractivity contribution in [1.29, 1.82) is 0 Å². The van der Waals surface area contributed by atoms with Crippen LogP contribution in [0.25, 0.3) is 0 Å². The Morgan fingerprint density at radius 1 is 1.07 bits per heavy atom. The van der Waals surface area contributed by atoms with Gasteiger partial charge in [0.05, 0.1) is 0 Å². The van der Waals surface area contributed by atoms with Crippen molar-refractivity contribution in [2.75, 3.05) is 12.3 Å². The molecule has 0 aromatic carbocycles. The van der Waals surface area contributed by atoms with Gasteiger partial charge in [-0.2, -0.15) is 0 Å². The third kappa shape index (κ3) is 5.43. The highest BCUT2D eigenvalue weighted by atomic mass is 31.2. The second-order valence-electron chi connectivity index (χ2n) is 3.48. The molecule has 0 unspecified atom stereocenters. The molecule has 84 valence electrons. The average molecular weight is 220 g/mol. The van der Waals surface area contributed by atoms with E-state index in [0.29, 0.717) is 18.7 Å². The first-order chi connectivity index (χ1) is 6.58. The maximum atomic E-state index is 12.1. The number of carbonyl (C=O) groups is 1. The maximum absolute atomic E-state index is 12.1. The smallest absolute Gasteiger partial charge is 0.310 e. The minimum Gasteiger partial charge on any atom is -0.412 e. The van der Waals surface area contributed by atoms with Crippen molar-refractivity contribution in [3.8, 4) is 0 Å². The summed E-state index contributed by atoms with van der Waals surface area (Å²) in [6, 6.07) is 0. The minimum absolute atomic E-state index is 0.308. The SMILES string of the molecule is CCCC(=O)OP(=O)(CCC)CCC. The molecule has 3 nitrogen and oxygen atoms in total. The fraction of sp³-hybridized carbons (Fsp3) is 0.900. The van der Waals surface area contributed by atoms with Crippen LogP contribution in [0.4, 0.5) is 0 Å². The van der Waals surface area contributed by atoms with Crippen LogP contribution in [-0.4, -0.2) is 18.3 Å². The molecule has 0 saturated heterocycles. The van der Waals surface area contributed by atoms with E-state index in [1.165, 1.54) is 0 Å². The zero-order valence-electron chi connectivity index (χ0n) is 9.41. The quantitative estimate of drug-likeness (QED) is 0.617. The molecule has 14 heavy (non-hydrogen) atoms. The van der Waals surface area contributed by atoms with E-state index in [1.807, 2.05) is 20.8 Å². The van der Waals surface area contributed by atoms with Gasteiger partial charge in [-0.1, -0.05) is 20.8 Å². The molecule has 0 bridgehead atoms. The number of hydrogen-bond acceptors (Lipinski definition) is 3. The maximum Gasteiger partial charge on any atom is 0.310 e. The summed E-state index contributed by atoms with van der Waals surface area (Å²) in [7, 11) is -2.65. The third-order valence-electron chi connectivity index (χ3n) is 1.85. The van der Waals surface area contributed by atoms with Crippen LogP contribution in [0.2, 0.25) is 0 Å². The average Bonchev–Trinajstić information content (AvgIpc) is 2.04. The van der Waals surface area contributed by atoms with Crippen molar-refractivity contribution in [2.24, 2.45) is 0 Å². The Kier molecular flexibility index (Phi) is 6.90. The summed E-state index contributed by atoms with van der Waals surface area (Å²) >= 11 is 0. The Morgan fingerprint density at radius 3 is 1.93 bits per heavy atom. The molecule has 0 aromatic heterocycles. The molecule has 0 spiro atoms. The Labute approximate surface area is 86.7 Å². The zero-order chi connectivity index (χ0) is 11.0. The van der Waals surface area contributed by atoms with Crippen molar-refractivity contribution in [3.05, 3.63) is 0 Å². The first-order valence-electron chi connectivity index (χ1n) is 5.38. The molecule has 0 heterocycles. The fourth-order valence-electron chi connectivity index (χ4n) is 1.32. The van der Waals surface area contributed by atoms with Gasteiger partial charge in [0.15, 0.2) is 0 Å². The summed E-state index contributed by atoms with van der Waals surface area (Å²) in [4.78, 5) is 11.2. The summed E-state index contributed by atoms with van der Waals surface area (Å²) in [5, 5.41) is 0. The third-order valence-corrected chi connectivity index (χ3v) is 4.64. The molecule has 0 aromatic rings. The van der Waals surface area contributed by atoms with E-state index in [2.05, 4.69) is 0 Å². The van der Waals surface area contributed by atoms with Crippen molar-refractivity contribution < 1.29 is 13.9 Å². The van der Waals surface area contributed by atoms with Crippen LogP contribution < -0.4 is 0 Å². The summed E-state index contributed by atoms with van der Waals surface area (Å²) in [6.45, 7) is 5.82. The van der Waals surface area contributed by atoms with Crippen LogP contribution in [0.1, 0.15) is 46.5 Å². The van der Waals surface area contributed by atoms with Gasteiger partial charge in [-0.3, -0.25) is 9.36 Å². The Hall–Kier alpha value is -0.300. The van der Waals surface area contributed by atoms with E-state index in [1.54, 1.807) is 0 Å². The van der Waals surface area contributed by atoms with Crippen molar-refractivity contribution >= 4 is 13.3 Å². The van der Waals surface area contributed by atoms with Crippen LogP contribution >= 0.6 is 7.37 Å². The van der Waals surface area contributed by atoms with E-state index in [9.17, 15) is 9.36 Å². The van der Waals surface area contributed by atoms with E-state index >= 15 is 0 Å². The Morgan fingerprint density at radius 2 is 1.57 bits per heavy atom. The first-order valence-corrected chi connectivity index (χ1v) is 7.38. The molecule has 0 radical (unpaired) electrons. The molecule has 0 atom stereocenters. The normalized spacial score (nSPS) is 11.4. The van der Waals surface area contributed by atoms with Gasteiger partial charge in [-0.25, -0.2) is 0 Å². The predicted molar refractivity (Wildman–Crippen MR) is 58.9 cm³/mol. The second-order valence-corrected chi connectivity index (χ2v) is 6.18. The molecule has 0 N–H and O–H groups in total. The molecule has 0 amide bonds. The van der Waals surface area contributed by atoms with Crippen LogP contribution in [-0.2, 0) is 13.9 Å². The summed E-state index contributed by atoms with van der Waals surface area (Å²) in [5.41, 5.74) is 0. The van der Waals surface area contributed by atoms with E-state index in [4.69, 9.17) is 4.52 Å². The lowest BCUT2D eigenvalue weighted by Gasteiger charge is -2.16. The number of rotatable bonds is 7. The predicted octanol–water partition coefficient (Wildman–Crippen LogP) is 3.43. The summed E-state index contributed by atoms with van der Waals surface area (Å²) in [6.07, 6.45) is 3.77.